The summed E-state index contributed by atoms with van der Waals surface area (Å²) < 4.78 is 20.1. The van der Waals surface area contributed by atoms with Crippen LogP contribution in [0.2, 0.25) is 0 Å². The molecule has 1 amide bonds. The molecule has 3 heterocycles. The number of hydrogen-bond donors (Lipinski definition) is 1. The van der Waals surface area contributed by atoms with Crippen molar-refractivity contribution in [2.75, 3.05) is 13.2 Å². The van der Waals surface area contributed by atoms with Gasteiger partial charge in [0.25, 0.3) is 5.91 Å². The lowest BCUT2D eigenvalue weighted by atomic mass is 9.92. The second kappa shape index (κ2) is 9.59. The maximum atomic E-state index is 13.3. The summed E-state index contributed by atoms with van der Waals surface area (Å²) in [4.78, 5) is 17.2. The lowest BCUT2D eigenvalue weighted by Gasteiger charge is -2.21. The molecular formula is C25H22FN5O2. The molecule has 2 aromatic heterocycles. The highest BCUT2D eigenvalue weighted by Gasteiger charge is 2.21. The molecule has 7 nitrogen and oxygen atoms in total. The van der Waals surface area contributed by atoms with Gasteiger partial charge in [0, 0.05) is 12.1 Å². The first-order chi connectivity index (χ1) is 16.0. The van der Waals surface area contributed by atoms with Gasteiger partial charge in [-0.3, -0.25) is 4.79 Å². The van der Waals surface area contributed by atoms with Crippen LogP contribution in [0.1, 0.15) is 34.3 Å². The van der Waals surface area contributed by atoms with Crippen molar-refractivity contribution in [3.8, 4) is 11.9 Å². The molecule has 3 aromatic rings. The normalized spacial score (nSPS) is 16.2. The zero-order chi connectivity index (χ0) is 23.4. The second-order valence-electron chi connectivity index (χ2n) is 7.63. The maximum absolute atomic E-state index is 13.3. The van der Waals surface area contributed by atoms with Crippen LogP contribution >= 0.6 is 0 Å². The average Bonchev–Trinajstić information content (AvgIpc) is 3.28. The van der Waals surface area contributed by atoms with Gasteiger partial charge in [-0.25, -0.2) is 14.1 Å². The fourth-order valence-electron chi connectivity index (χ4n) is 3.60. The smallest absolute Gasteiger partial charge is 0.251 e. The second-order valence-corrected chi connectivity index (χ2v) is 7.63. The molecule has 0 aliphatic carbocycles. The minimum Gasteiger partial charge on any atom is -0.375 e. The summed E-state index contributed by atoms with van der Waals surface area (Å²) in [6, 6.07) is 11.1. The lowest BCUT2D eigenvalue weighted by Crippen LogP contribution is -2.31. The van der Waals surface area contributed by atoms with Gasteiger partial charge in [-0.2, -0.15) is 10.4 Å². The molecule has 1 unspecified atom stereocenters. The number of halogens is 1. The van der Waals surface area contributed by atoms with Gasteiger partial charge in [0.05, 0.1) is 42.9 Å². The molecule has 1 aliphatic heterocycles. The number of amides is 1. The number of benzene rings is 1. The number of rotatable bonds is 5. The molecule has 8 heteroatoms. The Morgan fingerprint density at radius 2 is 2.27 bits per heavy atom. The highest BCUT2D eigenvalue weighted by atomic mass is 19.1. The number of carbonyl (C=O) groups excluding carboxylic acids is 1. The molecule has 33 heavy (non-hydrogen) atoms. The Labute approximate surface area is 190 Å². The van der Waals surface area contributed by atoms with Gasteiger partial charge < -0.3 is 10.1 Å². The summed E-state index contributed by atoms with van der Waals surface area (Å²) in [5.74, 6) is -0.615. The van der Waals surface area contributed by atoms with E-state index in [0.717, 1.165) is 22.5 Å². The molecule has 1 aliphatic rings. The van der Waals surface area contributed by atoms with Gasteiger partial charge in [-0.05, 0) is 59.2 Å². The van der Waals surface area contributed by atoms with Crippen LogP contribution in [0.5, 0.6) is 0 Å². The first-order valence-electron chi connectivity index (χ1n) is 10.4. The molecule has 0 bridgehead atoms. The summed E-state index contributed by atoms with van der Waals surface area (Å²) in [5.41, 5.74) is 2.88. The monoisotopic (exact) mass is 443 g/mol. The van der Waals surface area contributed by atoms with Crippen LogP contribution in [0.3, 0.4) is 0 Å². The van der Waals surface area contributed by atoms with Gasteiger partial charge in [0.1, 0.15) is 0 Å². The molecule has 166 valence electrons. The molecule has 1 N–H and O–H groups in total. The number of nitrogens with one attached hydrogen (secondary N) is 1. The van der Waals surface area contributed by atoms with E-state index in [2.05, 4.69) is 28.0 Å². The van der Waals surface area contributed by atoms with E-state index in [1.165, 1.54) is 10.9 Å². The van der Waals surface area contributed by atoms with Crippen molar-refractivity contribution in [1.29, 1.82) is 5.26 Å². The molecule has 0 saturated heterocycles. The van der Waals surface area contributed by atoms with Gasteiger partial charge in [0.2, 0.25) is 0 Å². The van der Waals surface area contributed by atoms with Crippen molar-refractivity contribution in [2.24, 2.45) is 0 Å². The number of hydrogen-bond acceptors (Lipinski definition) is 5. The molecule has 0 radical (unpaired) electrons. The van der Waals surface area contributed by atoms with Gasteiger partial charge in [-0.1, -0.05) is 18.7 Å². The van der Waals surface area contributed by atoms with Crippen molar-refractivity contribution < 1.29 is 13.9 Å². The van der Waals surface area contributed by atoms with E-state index < -0.39 is 5.82 Å². The van der Waals surface area contributed by atoms with Crippen molar-refractivity contribution in [3.05, 3.63) is 88.0 Å². The van der Waals surface area contributed by atoms with Crippen LogP contribution in [-0.4, -0.2) is 33.8 Å². The Bertz CT molecular complexity index is 1390. The zero-order valence-corrected chi connectivity index (χ0v) is 18.1. The van der Waals surface area contributed by atoms with E-state index in [0.29, 0.717) is 35.5 Å². The average molecular weight is 443 g/mol. The number of fused-ring (bicyclic) bond motifs is 1. The lowest BCUT2D eigenvalue weighted by molar-refractivity contribution is 0.0952. The number of nitrogens with zero attached hydrogens (tertiary/aromatic N) is 4. The van der Waals surface area contributed by atoms with Gasteiger partial charge >= 0.3 is 0 Å². The number of pyridine rings is 1. The summed E-state index contributed by atoms with van der Waals surface area (Å²) in [5, 5.41) is 17.7. The Balaban J connectivity index is 1.50. The quantitative estimate of drug-likeness (QED) is 0.652. The van der Waals surface area contributed by atoms with Crippen molar-refractivity contribution >= 4 is 18.1 Å². The first kappa shape index (κ1) is 22.1. The third-order valence-corrected chi connectivity index (χ3v) is 5.34. The number of aromatic nitrogens is 3. The van der Waals surface area contributed by atoms with Gasteiger partial charge in [-0.15, -0.1) is 0 Å². The minimum absolute atomic E-state index is 0.214. The standard InChI is InChI=1S/C25H22FN5O2/c1-3-17-6-7-24(31-13-21(26)12-29-31)30-23(17)8-16(2)11-28-25(32)18-4-5-19-14-33-15-20(10-27)22(19)9-18/h3-9,12-13,20H,2,11,14-15H2,1H3,(H,28,32)/b17-3-,23-8+. The van der Waals surface area contributed by atoms with E-state index >= 15 is 0 Å². The topological polar surface area (TPSA) is 92.8 Å². The van der Waals surface area contributed by atoms with Gasteiger partial charge in [0.15, 0.2) is 11.6 Å². The minimum atomic E-state index is -0.448. The van der Waals surface area contributed by atoms with E-state index in [4.69, 9.17) is 4.74 Å². The maximum Gasteiger partial charge on any atom is 0.251 e. The highest BCUT2D eigenvalue weighted by molar-refractivity contribution is 5.94. The zero-order valence-electron chi connectivity index (χ0n) is 18.1. The first-order valence-corrected chi connectivity index (χ1v) is 10.4. The number of ether oxygens (including phenoxy) is 1. The number of carbonyl (C=O) groups is 1. The van der Waals surface area contributed by atoms with Crippen LogP contribution in [0.15, 0.2) is 54.9 Å². The van der Waals surface area contributed by atoms with Crippen LogP contribution in [0.25, 0.3) is 18.0 Å². The highest BCUT2D eigenvalue weighted by Crippen LogP contribution is 2.27. The van der Waals surface area contributed by atoms with Crippen LogP contribution in [0, 0.1) is 17.1 Å². The largest absolute Gasteiger partial charge is 0.375 e. The molecule has 4 rings (SSSR count). The van der Waals surface area contributed by atoms with E-state index in [1.807, 2.05) is 25.1 Å². The molecule has 1 atom stereocenters. The Morgan fingerprint density at radius 3 is 3.00 bits per heavy atom. The predicted octanol–water partition coefficient (Wildman–Crippen LogP) is 2.11. The Hall–Kier alpha value is -4.09. The predicted molar refractivity (Wildman–Crippen MR) is 121 cm³/mol. The van der Waals surface area contributed by atoms with E-state index in [9.17, 15) is 14.4 Å². The Kier molecular flexibility index (Phi) is 6.43. The van der Waals surface area contributed by atoms with Crippen molar-refractivity contribution in [3.63, 3.8) is 0 Å². The Morgan fingerprint density at radius 1 is 1.42 bits per heavy atom. The summed E-state index contributed by atoms with van der Waals surface area (Å²) in [6.45, 7) is 6.90. The summed E-state index contributed by atoms with van der Waals surface area (Å²) in [6.07, 6.45) is 6.04. The van der Waals surface area contributed by atoms with Crippen molar-refractivity contribution in [1.82, 2.24) is 20.1 Å². The van der Waals surface area contributed by atoms with Crippen LogP contribution in [-0.2, 0) is 11.3 Å². The summed E-state index contributed by atoms with van der Waals surface area (Å²) in [7, 11) is 0. The fourth-order valence-corrected chi connectivity index (χ4v) is 3.60. The molecular weight excluding hydrogens is 421 g/mol. The van der Waals surface area contributed by atoms with Crippen molar-refractivity contribution in [2.45, 2.75) is 19.4 Å². The third kappa shape index (κ3) is 4.89. The SMILES string of the molecule is C=C(/C=c1/nc(-n2cc(F)cn2)cc/c1=C/C)CNC(=O)c1ccc2c(c1)C(C#N)COC2. The van der Waals surface area contributed by atoms with Crippen LogP contribution < -0.4 is 15.9 Å². The summed E-state index contributed by atoms with van der Waals surface area (Å²) >= 11 is 0. The molecule has 0 saturated carbocycles. The molecule has 0 spiro atoms. The van der Waals surface area contributed by atoms with E-state index in [-0.39, 0.29) is 18.4 Å². The third-order valence-electron chi connectivity index (χ3n) is 5.34. The van der Waals surface area contributed by atoms with E-state index in [1.54, 1.807) is 24.3 Å². The molecule has 0 fully saturated rings. The molecule has 1 aromatic carbocycles. The van der Waals surface area contributed by atoms with Crippen LogP contribution in [0.4, 0.5) is 4.39 Å². The number of nitriles is 1. The fraction of sp³-hybridized carbons (Fsp3) is 0.200.